The molecule has 0 saturated carbocycles. The number of pyridine rings is 1. The number of nitrogens with one attached hydrogen (secondary N) is 1. The fraction of sp³-hybridized carbons (Fsp3) is 0.417. The van der Waals surface area contributed by atoms with E-state index >= 15 is 0 Å². The molecule has 0 spiro atoms. The van der Waals surface area contributed by atoms with Crippen molar-refractivity contribution in [1.82, 2.24) is 15.2 Å². The molecule has 1 unspecified atom stereocenters. The Labute approximate surface area is 107 Å². The zero-order valence-corrected chi connectivity index (χ0v) is 10.4. The van der Waals surface area contributed by atoms with Crippen LogP contribution in [0.2, 0.25) is 0 Å². The molecule has 0 aromatic carbocycles. The Hall–Kier alpha value is -1.85. The highest BCUT2D eigenvalue weighted by Gasteiger charge is 2.28. The number of amides is 2. The van der Waals surface area contributed by atoms with Crippen LogP contribution in [0.1, 0.15) is 24.4 Å². The van der Waals surface area contributed by atoms with E-state index in [4.69, 9.17) is 0 Å². The average Bonchev–Trinajstić information content (AvgIpc) is 2.90. The van der Waals surface area contributed by atoms with Crippen molar-refractivity contribution in [1.29, 1.82) is 0 Å². The molecule has 1 aromatic heterocycles. The van der Waals surface area contributed by atoms with E-state index in [-0.39, 0.29) is 11.7 Å². The summed E-state index contributed by atoms with van der Waals surface area (Å²) in [6, 6.07) is 2.96. The van der Waals surface area contributed by atoms with Gasteiger partial charge in [0.05, 0.1) is 0 Å². The molecular formula is C12H16BN3O2. The van der Waals surface area contributed by atoms with E-state index in [9.17, 15) is 9.59 Å². The van der Waals surface area contributed by atoms with Gasteiger partial charge in [-0.25, -0.2) is 0 Å². The molecule has 1 N–H and O–H groups in total. The lowest BCUT2D eigenvalue weighted by Crippen LogP contribution is -2.41. The van der Waals surface area contributed by atoms with E-state index in [0.29, 0.717) is 0 Å². The Morgan fingerprint density at radius 3 is 2.67 bits per heavy atom. The quantitative estimate of drug-likeness (QED) is 0.767. The Morgan fingerprint density at radius 2 is 2.11 bits per heavy atom. The van der Waals surface area contributed by atoms with Gasteiger partial charge in [0, 0.05) is 31.0 Å². The maximum absolute atomic E-state index is 12.4. The summed E-state index contributed by atoms with van der Waals surface area (Å²) >= 11 is 0. The lowest BCUT2D eigenvalue weighted by Gasteiger charge is -2.23. The summed E-state index contributed by atoms with van der Waals surface area (Å²) in [5, 5.41) is 2.70. The van der Waals surface area contributed by atoms with Crippen LogP contribution >= 0.6 is 0 Å². The molecule has 1 aliphatic rings. The fourth-order valence-electron chi connectivity index (χ4n) is 2.16. The molecule has 1 saturated heterocycles. The number of hydrogen-bond acceptors (Lipinski definition) is 3. The Morgan fingerprint density at radius 1 is 1.39 bits per heavy atom. The molecule has 1 aliphatic heterocycles. The molecular weight excluding hydrogens is 229 g/mol. The van der Waals surface area contributed by atoms with E-state index in [1.165, 1.54) is 7.85 Å². The molecule has 1 aromatic rings. The van der Waals surface area contributed by atoms with Gasteiger partial charge in [0.15, 0.2) is 5.81 Å². The summed E-state index contributed by atoms with van der Waals surface area (Å²) in [6.07, 6.45) is 5.33. The normalized spacial score (nSPS) is 16.3. The van der Waals surface area contributed by atoms with Crippen LogP contribution in [0.5, 0.6) is 0 Å². The van der Waals surface area contributed by atoms with E-state index in [0.717, 1.165) is 31.5 Å². The minimum atomic E-state index is -0.616. The Bertz CT molecular complexity index is 432. The van der Waals surface area contributed by atoms with Crippen LogP contribution in [-0.2, 0) is 4.79 Å². The predicted octanol–water partition coefficient (Wildman–Crippen LogP) is 0.0878. The minimum absolute atomic E-state index is 0.0456. The maximum Gasteiger partial charge on any atom is 0.249 e. The van der Waals surface area contributed by atoms with Crippen LogP contribution < -0.4 is 5.32 Å². The van der Waals surface area contributed by atoms with E-state index in [1.54, 1.807) is 23.4 Å². The Kier molecular flexibility index (Phi) is 3.97. The first-order chi connectivity index (χ1) is 8.68. The van der Waals surface area contributed by atoms with Gasteiger partial charge in [-0.05, 0) is 18.9 Å². The van der Waals surface area contributed by atoms with E-state index in [2.05, 4.69) is 10.3 Å². The van der Waals surface area contributed by atoms with Crippen molar-refractivity contribution in [3.05, 3.63) is 30.1 Å². The summed E-state index contributed by atoms with van der Waals surface area (Å²) < 4.78 is 0. The number of hydrogen-bond donors (Lipinski definition) is 1. The molecule has 0 aliphatic carbocycles. The molecule has 6 heteroatoms. The van der Waals surface area contributed by atoms with Gasteiger partial charge >= 0.3 is 0 Å². The second-order valence-corrected chi connectivity index (χ2v) is 4.45. The maximum atomic E-state index is 12.4. The van der Waals surface area contributed by atoms with Crippen LogP contribution in [0.3, 0.4) is 0 Å². The highest BCUT2D eigenvalue weighted by Crippen LogP contribution is 2.18. The number of nitrogens with zero attached hydrogens (tertiary/aromatic N) is 2. The van der Waals surface area contributed by atoms with Gasteiger partial charge in [-0.1, -0.05) is 6.07 Å². The van der Waals surface area contributed by atoms with Crippen molar-refractivity contribution in [3.63, 3.8) is 0 Å². The van der Waals surface area contributed by atoms with Gasteiger partial charge in [0.2, 0.25) is 13.8 Å². The highest BCUT2D eigenvalue weighted by atomic mass is 16.2. The highest BCUT2D eigenvalue weighted by molar-refractivity contribution is 6.57. The van der Waals surface area contributed by atoms with Crippen LogP contribution in [0.15, 0.2) is 24.5 Å². The summed E-state index contributed by atoms with van der Waals surface area (Å²) in [4.78, 5) is 29.4. The van der Waals surface area contributed by atoms with Crippen molar-refractivity contribution in [2.45, 2.75) is 18.9 Å². The third kappa shape index (κ3) is 2.88. The molecule has 0 radical (unpaired) electrons. The lowest BCUT2D eigenvalue weighted by molar-refractivity contribution is -0.132. The zero-order chi connectivity index (χ0) is 13.0. The van der Waals surface area contributed by atoms with Gasteiger partial charge in [-0.15, -0.1) is 0 Å². The van der Waals surface area contributed by atoms with Crippen molar-refractivity contribution < 1.29 is 9.59 Å². The molecule has 18 heavy (non-hydrogen) atoms. The van der Waals surface area contributed by atoms with Gasteiger partial charge < -0.3 is 10.2 Å². The van der Waals surface area contributed by atoms with Crippen LogP contribution in [0.25, 0.3) is 0 Å². The van der Waals surface area contributed by atoms with Crippen molar-refractivity contribution >= 4 is 19.6 Å². The number of likely N-dealkylation sites (tertiary alicyclic amines) is 1. The summed E-state index contributed by atoms with van der Waals surface area (Å²) in [6.45, 7) is 1.55. The lowest BCUT2D eigenvalue weighted by atomic mass is 10.0. The summed E-state index contributed by atoms with van der Waals surface area (Å²) in [7, 11) is 1.42. The van der Waals surface area contributed by atoms with Gasteiger partial charge in [0.1, 0.15) is 6.04 Å². The van der Waals surface area contributed by atoms with Crippen molar-refractivity contribution in [3.8, 4) is 0 Å². The molecule has 2 amide bonds. The SMILES string of the molecule is BC(=O)NC(C(=O)N1CCCC1)c1cccnc1. The standard InChI is InChI=1S/C12H16BN3O2/c13-12(18)15-10(9-4-3-5-14-8-9)11(17)16-6-1-2-7-16/h3-5,8,10H,1-2,6-7,13H2,(H,15,18). The molecule has 2 heterocycles. The van der Waals surface area contributed by atoms with E-state index < -0.39 is 6.04 Å². The molecule has 1 fully saturated rings. The molecule has 5 nitrogen and oxygen atoms in total. The second kappa shape index (κ2) is 5.66. The molecule has 0 bridgehead atoms. The average molecular weight is 245 g/mol. The van der Waals surface area contributed by atoms with Gasteiger partial charge in [0.25, 0.3) is 0 Å². The number of carbonyl (C=O) groups is 2. The fourth-order valence-corrected chi connectivity index (χ4v) is 2.16. The zero-order valence-electron chi connectivity index (χ0n) is 10.4. The van der Waals surface area contributed by atoms with Gasteiger partial charge in [-0.3, -0.25) is 14.6 Å². The molecule has 2 rings (SSSR count). The number of carbonyl (C=O) groups excluding carboxylic acids is 2. The monoisotopic (exact) mass is 245 g/mol. The van der Waals surface area contributed by atoms with Crippen LogP contribution in [-0.4, -0.2) is 42.5 Å². The largest absolute Gasteiger partial charge is 0.350 e. The third-order valence-electron chi connectivity index (χ3n) is 3.03. The van der Waals surface area contributed by atoms with Gasteiger partial charge in [-0.2, -0.15) is 0 Å². The summed E-state index contributed by atoms with van der Waals surface area (Å²) in [5.74, 6) is -0.257. The van der Waals surface area contributed by atoms with E-state index in [1.807, 2.05) is 6.07 Å². The third-order valence-corrected chi connectivity index (χ3v) is 3.03. The number of rotatable bonds is 3. The number of aromatic nitrogens is 1. The smallest absolute Gasteiger partial charge is 0.249 e. The first-order valence-electron chi connectivity index (χ1n) is 6.14. The summed E-state index contributed by atoms with van der Waals surface area (Å²) in [5.41, 5.74) is 0.726. The predicted molar refractivity (Wildman–Crippen MR) is 69.9 cm³/mol. The topological polar surface area (TPSA) is 62.3 Å². The Balaban J connectivity index is 2.19. The van der Waals surface area contributed by atoms with Crippen molar-refractivity contribution in [2.24, 2.45) is 0 Å². The first kappa shape index (κ1) is 12.6. The van der Waals surface area contributed by atoms with Crippen LogP contribution in [0, 0.1) is 0 Å². The molecule has 94 valence electrons. The van der Waals surface area contributed by atoms with Crippen molar-refractivity contribution in [2.75, 3.05) is 13.1 Å². The first-order valence-corrected chi connectivity index (χ1v) is 6.14. The van der Waals surface area contributed by atoms with Crippen LogP contribution in [0.4, 0.5) is 4.79 Å². The molecule has 1 atom stereocenters. The second-order valence-electron chi connectivity index (χ2n) is 4.45. The minimum Gasteiger partial charge on any atom is -0.350 e.